The van der Waals surface area contributed by atoms with E-state index in [4.69, 9.17) is 0 Å². The molecule has 0 aliphatic carbocycles. The van der Waals surface area contributed by atoms with E-state index < -0.39 is 10.0 Å². The van der Waals surface area contributed by atoms with Gasteiger partial charge in [0.2, 0.25) is 10.0 Å². The lowest BCUT2D eigenvalue weighted by atomic mass is 10.2. The molecule has 0 fully saturated rings. The van der Waals surface area contributed by atoms with Crippen molar-refractivity contribution in [2.24, 2.45) is 0 Å². The third-order valence-electron chi connectivity index (χ3n) is 2.66. The van der Waals surface area contributed by atoms with Crippen molar-refractivity contribution in [3.05, 3.63) is 30.3 Å². The highest BCUT2D eigenvalue weighted by molar-refractivity contribution is 7.92. The molecule has 0 unspecified atom stereocenters. The summed E-state index contributed by atoms with van der Waals surface area (Å²) in [7, 11) is -3.17. The average Bonchev–Trinajstić information content (AvgIpc) is 2.28. The maximum atomic E-state index is 11.7. The fraction of sp³-hybridized carbons (Fsp3) is 0.538. The molecule has 0 N–H and O–H groups in total. The molecule has 17 heavy (non-hydrogen) atoms. The Morgan fingerprint density at radius 1 is 1.06 bits per heavy atom. The maximum Gasteiger partial charge on any atom is 0.232 e. The Balaban J connectivity index is 2.70. The molecule has 0 aromatic heterocycles. The molecule has 1 aromatic rings. The zero-order chi connectivity index (χ0) is 12.7. The molecule has 0 saturated heterocycles. The molecular weight excluding hydrogens is 234 g/mol. The Labute approximate surface area is 105 Å². The first kappa shape index (κ1) is 14.0. The smallest absolute Gasteiger partial charge is 0.232 e. The molecule has 4 heteroatoms. The molecule has 0 aliphatic rings. The van der Waals surface area contributed by atoms with Crippen LogP contribution in [-0.2, 0) is 10.0 Å². The number of nitrogens with zero attached hydrogens (tertiary/aromatic N) is 1. The Morgan fingerprint density at radius 2 is 1.71 bits per heavy atom. The van der Waals surface area contributed by atoms with Gasteiger partial charge in [-0.05, 0) is 18.6 Å². The van der Waals surface area contributed by atoms with Gasteiger partial charge in [0.1, 0.15) is 0 Å². The summed E-state index contributed by atoms with van der Waals surface area (Å²) >= 11 is 0. The van der Waals surface area contributed by atoms with E-state index in [2.05, 4.69) is 6.92 Å². The standard InChI is InChI=1S/C13H21NO2S/c1-3-4-5-9-12-14(17(2,15)16)13-10-7-6-8-11-13/h6-8,10-11H,3-5,9,12H2,1-2H3. The number of para-hydroxylation sites is 1. The molecule has 0 aliphatic heterocycles. The van der Waals surface area contributed by atoms with Crippen LogP contribution in [0.1, 0.15) is 32.6 Å². The van der Waals surface area contributed by atoms with E-state index in [1.54, 1.807) is 0 Å². The van der Waals surface area contributed by atoms with Crippen LogP contribution in [0.2, 0.25) is 0 Å². The maximum absolute atomic E-state index is 11.7. The number of anilines is 1. The lowest BCUT2D eigenvalue weighted by molar-refractivity contribution is 0.591. The number of hydrogen-bond acceptors (Lipinski definition) is 2. The summed E-state index contributed by atoms with van der Waals surface area (Å²) in [5.74, 6) is 0. The van der Waals surface area contributed by atoms with Crippen LogP contribution in [0.5, 0.6) is 0 Å². The second-order valence-electron chi connectivity index (χ2n) is 4.23. The molecule has 0 amide bonds. The summed E-state index contributed by atoms with van der Waals surface area (Å²) in [6.07, 6.45) is 5.57. The van der Waals surface area contributed by atoms with Crippen LogP contribution < -0.4 is 4.31 Å². The van der Waals surface area contributed by atoms with Crippen molar-refractivity contribution in [1.82, 2.24) is 0 Å². The number of sulfonamides is 1. The van der Waals surface area contributed by atoms with Gasteiger partial charge in [0.25, 0.3) is 0 Å². The van der Waals surface area contributed by atoms with E-state index >= 15 is 0 Å². The van der Waals surface area contributed by atoms with Gasteiger partial charge in [0, 0.05) is 6.54 Å². The van der Waals surface area contributed by atoms with Gasteiger partial charge in [-0.25, -0.2) is 8.42 Å². The van der Waals surface area contributed by atoms with E-state index in [0.29, 0.717) is 6.54 Å². The highest BCUT2D eigenvalue weighted by Crippen LogP contribution is 2.17. The Kier molecular flexibility index (Phi) is 5.48. The first-order valence-corrected chi connectivity index (χ1v) is 7.93. The van der Waals surface area contributed by atoms with Gasteiger partial charge < -0.3 is 0 Å². The minimum atomic E-state index is -3.17. The van der Waals surface area contributed by atoms with Gasteiger partial charge in [-0.3, -0.25) is 4.31 Å². The van der Waals surface area contributed by atoms with Crippen LogP contribution in [0.25, 0.3) is 0 Å². The van der Waals surface area contributed by atoms with Crippen molar-refractivity contribution < 1.29 is 8.42 Å². The number of hydrogen-bond donors (Lipinski definition) is 0. The lowest BCUT2D eigenvalue weighted by Gasteiger charge is -2.22. The summed E-state index contributed by atoms with van der Waals surface area (Å²) in [5.41, 5.74) is 0.756. The molecule has 1 rings (SSSR count). The fourth-order valence-corrected chi connectivity index (χ4v) is 2.73. The van der Waals surface area contributed by atoms with E-state index in [0.717, 1.165) is 31.4 Å². The van der Waals surface area contributed by atoms with Gasteiger partial charge in [0.15, 0.2) is 0 Å². The van der Waals surface area contributed by atoms with Crippen LogP contribution in [0.15, 0.2) is 30.3 Å². The molecule has 0 saturated carbocycles. The highest BCUT2D eigenvalue weighted by Gasteiger charge is 2.15. The molecule has 0 radical (unpaired) electrons. The number of unbranched alkanes of at least 4 members (excludes halogenated alkanes) is 3. The summed E-state index contributed by atoms with van der Waals surface area (Å²) in [5, 5.41) is 0. The summed E-state index contributed by atoms with van der Waals surface area (Å²) in [4.78, 5) is 0. The van der Waals surface area contributed by atoms with Gasteiger partial charge in [0.05, 0.1) is 11.9 Å². The van der Waals surface area contributed by atoms with E-state index in [9.17, 15) is 8.42 Å². The summed E-state index contributed by atoms with van der Waals surface area (Å²) in [6, 6.07) is 9.28. The number of benzene rings is 1. The summed E-state index contributed by atoms with van der Waals surface area (Å²) < 4.78 is 24.9. The molecule has 0 atom stereocenters. The predicted molar refractivity (Wildman–Crippen MR) is 72.8 cm³/mol. The Bertz CT molecular complexity index is 414. The monoisotopic (exact) mass is 255 g/mol. The van der Waals surface area contributed by atoms with E-state index in [1.807, 2.05) is 30.3 Å². The van der Waals surface area contributed by atoms with Crippen molar-refractivity contribution in [3.63, 3.8) is 0 Å². The predicted octanol–water partition coefficient (Wildman–Crippen LogP) is 3.03. The highest BCUT2D eigenvalue weighted by atomic mass is 32.2. The minimum absolute atomic E-state index is 0.572. The van der Waals surface area contributed by atoms with Crippen molar-refractivity contribution in [2.75, 3.05) is 17.1 Å². The largest absolute Gasteiger partial charge is 0.270 e. The quantitative estimate of drug-likeness (QED) is 0.702. The normalized spacial score (nSPS) is 11.4. The number of rotatable bonds is 7. The van der Waals surface area contributed by atoms with Crippen molar-refractivity contribution in [1.29, 1.82) is 0 Å². The molecule has 3 nitrogen and oxygen atoms in total. The molecule has 0 heterocycles. The Morgan fingerprint density at radius 3 is 2.24 bits per heavy atom. The van der Waals surface area contributed by atoms with Gasteiger partial charge in [-0.15, -0.1) is 0 Å². The molecule has 96 valence electrons. The Hall–Kier alpha value is -1.03. The minimum Gasteiger partial charge on any atom is -0.270 e. The van der Waals surface area contributed by atoms with E-state index in [1.165, 1.54) is 10.6 Å². The third kappa shape index (κ3) is 4.77. The molecule has 0 spiro atoms. The second-order valence-corrected chi connectivity index (χ2v) is 6.14. The average molecular weight is 255 g/mol. The van der Waals surface area contributed by atoms with E-state index in [-0.39, 0.29) is 0 Å². The van der Waals surface area contributed by atoms with Gasteiger partial charge >= 0.3 is 0 Å². The van der Waals surface area contributed by atoms with Crippen LogP contribution in [-0.4, -0.2) is 21.2 Å². The third-order valence-corrected chi connectivity index (χ3v) is 3.85. The van der Waals surface area contributed by atoms with Crippen LogP contribution >= 0.6 is 0 Å². The lowest BCUT2D eigenvalue weighted by Crippen LogP contribution is -2.30. The van der Waals surface area contributed by atoms with Crippen molar-refractivity contribution in [3.8, 4) is 0 Å². The van der Waals surface area contributed by atoms with Crippen LogP contribution in [0.3, 0.4) is 0 Å². The van der Waals surface area contributed by atoms with Gasteiger partial charge in [-0.1, -0.05) is 44.4 Å². The van der Waals surface area contributed by atoms with Crippen molar-refractivity contribution >= 4 is 15.7 Å². The van der Waals surface area contributed by atoms with Crippen LogP contribution in [0, 0.1) is 0 Å². The molecule has 0 bridgehead atoms. The van der Waals surface area contributed by atoms with Crippen molar-refractivity contribution in [2.45, 2.75) is 32.6 Å². The topological polar surface area (TPSA) is 37.4 Å². The van der Waals surface area contributed by atoms with Gasteiger partial charge in [-0.2, -0.15) is 0 Å². The first-order valence-electron chi connectivity index (χ1n) is 6.08. The second kappa shape index (κ2) is 6.64. The zero-order valence-electron chi connectivity index (χ0n) is 10.6. The fourth-order valence-electron chi connectivity index (χ4n) is 1.76. The molecule has 1 aromatic carbocycles. The zero-order valence-corrected chi connectivity index (χ0v) is 11.4. The first-order chi connectivity index (χ1) is 8.05. The molecular formula is C13H21NO2S. The van der Waals surface area contributed by atoms with Crippen LogP contribution in [0.4, 0.5) is 5.69 Å². The summed E-state index contributed by atoms with van der Waals surface area (Å²) in [6.45, 7) is 2.72. The SMILES string of the molecule is CCCCCCN(c1ccccc1)S(C)(=O)=O.